The minimum Gasteiger partial charge on any atom is -0.507 e. The quantitative estimate of drug-likeness (QED) is 0.161. The van der Waals surface area contributed by atoms with Crippen LogP contribution >= 0.6 is 0 Å². The highest BCUT2D eigenvalue weighted by Crippen LogP contribution is 2.45. The number of rotatable bonds is 10. The molecule has 1 saturated heterocycles. The van der Waals surface area contributed by atoms with E-state index >= 15 is 0 Å². The number of phenolic OH excluding ortho intramolecular Hbond substituents is 1. The molecule has 4 rings (SSSR count). The summed E-state index contributed by atoms with van der Waals surface area (Å²) in [6.45, 7) is 15.5. The molecule has 1 unspecified atom stereocenters. The first-order valence-corrected chi connectivity index (χ1v) is 16.2. The van der Waals surface area contributed by atoms with Crippen molar-refractivity contribution in [2.45, 2.75) is 64.2 Å². The standard InChI is InChI=1S/C30H37NO8Si/c1-8-13-37-29(36)28(35)31-22(24(27(31)34)17(2)39-40(6,7)30(3,4)5)16-38-18-14-21-25(23(32)15-18)19-11-9-10-12-20(19)26(21)33/h8-12,14-15,17,22,24,28,32,35H,1,13,16H2,2-7H3/t17-,22+,24-,28?/m1/s1. The third kappa shape index (κ3) is 5.18. The van der Waals surface area contributed by atoms with E-state index in [1.54, 1.807) is 30.3 Å². The van der Waals surface area contributed by atoms with Crippen LogP contribution in [0.2, 0.25) is 18.1 Å². The zero-order chi connectivity index (χ0) is 29.6. The maximum Gasteiger partial charge on any atom is 0.356 e. The van der Waals surface area contributed by atoms with E-state index in [9.17, 15) is 24.6 Å². The Morgan fingerprint density at radius 1 is 1.15 bits per heavy atom. The van der Waals surface area contributed by atoms with E-state index in [1.807, 2.05) is 6.92 Å². The molecular weight excluding hydrogens is 530 g/mol. The number of carbonyl (C=O) groups excluding carboxylic acids is 3. The Kier molecular flexibility index (Phi) is 7.99. The van der Waals surface area contributed by atoms with Crippen molar-refractivity contribution in [3.05, 3.63) is 60.2 Å². The van der Waals surface area contributed by atoms with E-state index in [0.717, 1.165) is 4.90 Å². The number of carbonyl (C=O) groups is 3. The summed E-state index contributed by atoms with van der Waals surface area (Å²) in [5.41, 5.74) is 1.92. The molecule has 2 aromatic rings. The fourth-order valence-electron chi connectivity index (χ4n) is 5.01. The summed E-state index contributed by atoms with van der Waals surface area (Å²) in [6, 6.07) is 9.28. The van der Waals surface area contributed by atoms with Gasteiger partial charge in [-0.3, -0.25) is 14.5 Å². The van der Waals surface area contributed by atoms with Gasteiger partial charge < -0.3 is 24.1 Å². The number of aliphatic hydroxyl groups is 1. The maximum atomic E-state index is 13.3. The van der Waals surface area contributed by atoms with Crippen molar-refractivity contribution >= 4 is 26.0 Å². The van der Waals surface area contributed by atoms with Crippen molar-refractivity contribution in [1.29, 1.82) is 0 Å². The molecule has 9 nitrogen and oxygen atoms in total. The Balaban J connectivity index is 1.58. The molecule has 1 aliphatic heterocycles. The first-order valence-electron chi connectivity index (χ1n) is 13.3. The zero-order valence-electron chi connectivity index (χ0n) is 23.8. The SMILES string of the molecule is C=CCOC(=O)C(O)N1C(=O)[C@H]([C@@H](C)O[Si](C)(C)C(C)(C)C)[C@@H]1COc1cc(O)c2c(c1)C(=O)c1ccccc1-2. The normalized spacial score (nSPS) is 19.8. The Morgan fingerprint density at radius 3 is 2.42 bits per heavy atom. The highest BCUT2D eigenvalue weighted by molar-refractivity contribution is 6.74. The Bertz CT molecular complexity index is 1350. The molecule has 1 fully saturated rings. The lowest BCUT2D eigenvalue weighted by Gasteiger charge is -2.51. The van der Waals surface area contributed by atoms with Gasteiger partial charge in [-0.1, -0.05) is 57.7 Å². The molecule has 2 aliphatic rings. The van der Waals surface area contributed by atoms with Gasteiger partial charge in [0.1, 0.15) is 24.7 Å². The van der Waals surface area contributed by atoms with Gasteiger partial charge in [0, 0.05) is 22.8 Å². The summed E-state index contributed by atoms with van der Waals surface area (Å²) in [5.74, 6) is -2.23. The summed E-state index contributed by atoms with van der Waals surface area (Å²) in [6.07, 6.45) is -0.984. The second-order valence-electron chi connectivity index (χ2n) is 11.8. The van der Waals surface area contributed by atoms with Crippen LogP contribution in [0.4, 0.5) is 0 Å². The van der Waals surface area contributed by atoms with Crippen molar-refractivity contribution < 1.29 is 38.5 Å². The number of esters is 1. The topological polar surface area (TPSA) is 123 Å². The van der Waals surface area contributed by atoms with Gasteiger partial charge in [-0.25, -0.2) is 4.79 Å². The lowest BCUT2D eigenvalue weighted by molar-refractivity contribution is -0.198. The molecule has 0 saturated carbocycles. The molecule has 0 spiro atoms. The van der Waals surface area contributed by atoms with Crippen LogP contribution in [0.5, 0.6) is 11.5 Å². The van der Waals surface area contributed by atoms with Crippen molar-refractivity contribution in [2.24, 2.45) is 5.92 Å². The average molecular weight is 568 g/mol. The molecule has 2 aromatic carbocycles. The number of ether oxygens (including phenoxy) is 2. The summed E-state index contributed by atoms with van der Waals surface area (Å²) >= 11 is 0. The second kappa shape index (κ2) is 10.8. The maximum absolute atomic E-state index is 13.3. The first-order chi connectivity index (χ1) is 18.7. The van der Waals surface area contributed by atoms with Gasteiger partial charge in [-0.2, -0.15) is 0 Å². The van der Waals surface area contributed by atoms with E-state index in [4.69, 9.17) is 13.9 Å². The number of fused-ring (bicyclic) bond motifs is 3. The van der Waals surface area contributed by atoms with Crippen LogP contribution in [-0.4, -0.2) is 72.7 Å². The van der Waals surface area contributed by atoms with Crippen molar-refractivity contribution in [1.82, 2.24) is 4.90 Å². The van der Waals surface area contributed by atoms with Gasteiger partial charge in [0.05, 0.1) is 18.1 Å². The Labute approximate surface area is 235 Å². The van der Waals surface area contributed by atoms with Crippen LogP contribution in [0.1, 0.15) is 43.6 Å². The molecule has 0 radical (unpaired) electrons. The van der Waals surface area contributed by atoms with Crippen LogP contribution in [-0.2, 0) is 18.8 Å². The summed E-state index contributed by atoms with van der Waals surface area (Å²) in [7, 11) is -2.25. The van der Waals surface area contributed by atoms with Crippen molar-refractivity contribution in [3.8, 4) is 22.6 Å². The van der Waals surface area contributed by atoms with Crippen LogP contribution in [0.3, 0.4) is 0 Å². The van der Waals surface area contributed by atoms with E-state index in [-0.39, 0.29) is 35.5 Å². The molecule has 1 amide bonds. The Morgan fingerprint density at radius 2 is 1.80 bits per heavy atom. The molecule has 1 heterocycles. The molecule has 0 bridgehead atoms. The number of aliphatic hydroxyl groups excluding tert-OH is 1. The fourth-order valence-corrected chi connectivity index (χ4v) is 6.44. The molecule has 40 heavy (non-hydrogen) atoms. The molecule has 10 heteroatoms. The number of hydrogen-bond donors (Lipinski definition) is 2. The number of aromatic hydroxyl groups is 1. The van der Waals surface area contributed by atoms with Crippen LogP contribution < -0.4 is 4.74 Å². The molecular formula is C30H37NO8Si. The van der Waals surface area contributed by atoms with Gasteiger partial charge in [0.2, 0.25) is 12.1 Å². The molecule has 4 atom stereocenters. The summed E-state index contributed by atoms with van der Waals surface area (Å²) in [4.78, 5) is 39.7. The lowest BCUT2D eigenvalue weighted by Crippen LogP contribution is -2.71. The highest BCUT2D eigenvalue weighted by Gasteiger charge is 2.56. The number of β-lactam (4-membered cyclic amide) rings is 1. The minimum absolute atomic E-state index is 0.0974. The number of hydrogen-bond acceptors (Lipinski definition) is 8. The van der Waals surface area contributed by atoms with Crippen LogP contribution in [0.25, 0.3) is 11.1 Å². The molecule has 214 valence electrons. The predicted molar refractivity (Wildman–Crippen MR) is 152 cm³/mol. The Hall–Kier alpha value is -3.47. The lowest BCUT2D eigenvalue weighted by atomic mass is 9.83. The largest absolute Gasteiger partial charge is 0.507 e. The highest BCUT2D eigenvalue weighted by atomic mass is 28.4. The van der Waals surface area contributed by atoms with Crippen LogP contribution in [0, 0.1) is 5.92 Å². The van der Waals surface area contributed by atoms with Gasteiger partial charge >= 0.3 is 5.97 Å². The average Bonchev–Trinajstić information content (AvgIpc) is 3.16. The zero-order valence-corrected chi connectivity index (χ0v) is 24.8. The summed E-state index contributed by atoms with van der Waals surface area (Å²) in [5, 5.41) is 21.4. The first kappa shape index (κ1) is 29.5. The third-order valence-corrected chi connectivity index (χ3v) is 12.7. The number of ketones is 1. The predicted octanol–water partition coefficient (Wildman–Crippen LogP) is 4.27. The second-order valence-corrected chi connectivity index (χ2v) is 16.5. The van der Waals surface area contributed by atoms with E-state index in [1.165, 1.54) is 12.1 Å². The van der Waals surface area contributed by atoms with Gasteiger partial charge in [-0.05, 0) is 36.7 Å². The van der Waals surface area contributed by atoms with E-state index in [2.05, 4.69) is 40.4 Å². The van der Waals surface area contributed by atoms with Crippen LogP contribution in [0.15, 0.2) is 49.1 Å². The van der Waals surface area contributed by atoms with Gasteiger partial charge in [-0.15, -0.1) is 0 Å². The molecule has 2 N–H and O–H groups in total. The fraction of sp³-hybridized carbons (Fsp3) is 0.433. The number of likely N-dealkylation sites (tertiary alicyclic amines) is 1. The number of phenols is 1. The van der Waals surface area contributed by atoms with Gasteiger partial charge in [0.15, 0.2) is 14.1 Å². The third-order valence-electron chi connectivity index (χ3n) is 8.12. The van der Waals surface area contributed by atoms with Gasteiger partial charge in [0.25, 0.3) is 0 Å². The minimum atomic E-state index is -2.25. The molecule has 0 aromatic heterocycles. The van der Waals surface area contributed by atoms with E-state index in [0.29, 0.717) is 22.3 Å². The number of benzene rings is 2. The van der Waals surface area contributed by atoms with Crippen molar-refractivity contribution in [3.63, 3.8) is 0 Å². The van der Waals surface area contributed by atoms with E-state index < -0.39 is 44.5 Å². The summed E-state index contributed by atoms with van der Waals surface area (Å²) < 4.78 is 17.4. The smallest absolute Gasteiger partial charge is 0.356 e. The number of amides is 1. The molecule has 1 aliphatic carbocycles. The monoisotopic (exact) mass is 567 g/mol. The number of nitrogens with zero attached hydrogens (tertiary/aromatic N) is 1. The van der Waals surface area contributed by atoms with Crippen molar-refractivity contribution in [2.75, 3.05) is 13.2 Å².